The SMILES string of the molecule is COc1ccc(NC(=O)Oc2ccc3c(c2)CCN3)cc1OC. The zero-order valence-electron chi connectivity index (χ0n) is 13.0. The number of methoxy groups -OCH3 is 2. The maximum absolute atomic E-state index is 12.0. The molecule has 0 radical (unpaired) electrons. The van der Waals surface area contributed by atoms with E-state index >= 15 is 0 Å². The summed E-state index contributed by atoms with van der Waals surface area (Å²) in [5, 5.41) is 5.93. The van der Waals surface area contributed by atoms with Gasteiger partial charge in [-0.3, -0.25) is 5.32 Å². The second kappa shape index (κ2) is 6.48. The second-order valence-electron chi connectivity index (χ2n) is 5.08. The van der Waals surface area contributed by atoms with Crippen molar-refractivity contribution >= 4 is 17.5 Å². The largest absolute Gasteiger partial charge is 0.493 e. The van der Waals surface area contributed by atoms with Crippen LogP contribution >= 0.6 is 0 Å². The fourth-order valence-corrected chi connectivity index (χ4v) is 2.51. The molecule has 2 aromatic carbocycles. The molecular formula is C17H18N2O4. The minimum atomic E-state index is -0.553. The topological polar surface area (TPSA) is 68.8 Å². The van der Waals surface area contributed by atoms with Gasteiger partial charge in [0.1, 0.15) is 5.75 Å². The average molecular weight is 314 g/mol. The molecule has 0 aliphatic carbocycles. The van der Waals surface area contributed by atoms with Gasteiger partial charge in [0.2, 0.25) is 0 Å². The monoisotopic (exact) mass is 314 g/mol. The minimum Gasteiger partial charge on any atom is -0.493 e. The molecule has 1 amide bonds. The molecule has 1 heterocycles. The number of ether oxygens (including phenoxy) is 3. The molecule has 0 spiro atoms. The summed E-state index contributed by atoms with van der Waals surface area (Å²) in [5.74, 6) is 1.65. The van der Waals surface area contributed by atoms with Gasteiger partial charge in [-0.1, -0.05) is 0 Å². The number of anilines is 2. The molecule has 0 atom stereocenters. The van der Waals surface area contributed by atoms with Crippen molar-refractivity contribution in [2.75, 3.05) is 31.4 Å². The van der Waals surface area contributed by atoms with Crippen LogP contribution in [0.5, 0.6) is 17.2 Å². The molecule has 0 unspecified atom stereocenters. The molecule has 3 rings (SSSR count). The lowest BCUT2D eigenvalue weighted by molar-refractivity contribution is 0.215. The molecule has 6 heteroatoms. The zero-order chi connectivity index (χ0) is 16.2. The Morgan fingerprint density at radius 1 is 1.09 bits per heavy atom. The van der Waals surface area contributed by atoms with Crippen LogP contribution in [0, 0.1) is 0 Å². The fourth-order valence-electron chi connectivity index (χ4n) is 2.51. The molecule has 6 nitrogen and oxygen atoms in total. The highest BCUT2D eigenvalue weighted by molar-refractivity contribution is 5.87. The molecule has 1 aliphatic heterocycles. The summed E-state index contributed by atoms with van der Waals surface area (Å²) >= 11 is 0. The highest BCUT2D eigenvalue weighted by atomic mass is 16.6. The number of hydrogen-bond acceptors (Lipinski definition) is 5. The van der Waals surface area contributed by atoms with Crippen LogP contribution in [0.25, 0.3) is 0 Å². The molecule has 2 N–H and O–H groups in total. The lowest BCUT2D eigenvalue weighted by atomic mass is 10.1. The average Bonchev–Trinajstić information content (AvgIpc) is 3.02. The van der Waals surface area contributed by atoms with Crippen molar-refractivity contribution in [3.8, 4) is 17.2 Å². The minimum absolute atomic E-state index is 0.519. The van der Waals surface area contributed by atoms with Gasteiger partial charge in [-0.15, -0.1) is 0 Å². The Bertz CT molecular complexity index is 731. The van der Waals surface area contributed by atoms with Crippen molar-refractivity contribution in [3.05, 3.63) is 42.0 Å². The third-order valence-corrected chi connectivity index (χ3v) is 3.63. The van der Waals surface area contributed by atoms with E-state index in [2.05, 4.69) is 10.6 Å². The predicted octanol–water partition coefficient (Wildman–Crippen LogP) is 3.28. The lowest BCUT2D eigenvalue weighted by Crippen LogP contribution is -2.16. The molecule has 0 aromatic heterocycles. The van der Waals surface area contributed by atoms with Crippen molar-refractivity contribution in [3.63, 3.8) is 0 Å². The van der Waals surface area contributed by atoms with Gasteiger partial charge in [-0.25, -0.2) is 4.79 Å². The van der Waals surface area contributed by atoms with Gasteiger partial charge in [-0.2, -0.15) is 0 Å². The Morgan fingerprint density at radius 3 is 2.70 bits per heavy atom. The summed E-state index contributed by atoms with van der Waals surface area (Å²) in [7, 11) is 3.10. The first-order valence-corrected chi connectivity index (χ1v) is 7.27. The summed E-state index contributed by atoms with van der Waals surface area (Å²) in [6, 6.07) is 10.7. The van der Waals surface area contributed by atoms with Gasteiger partial charge in [0.15, 0.2) is 11.5 Å². The third-order valence-electron chi connectivity index (χ3n) is 3.63. The summed E-state index contributed by atoms with van der Waals surface area (Å²) in [6.45, 7) is 0.913. The maximum Gasteiger partial charge on any atom is 0.417 e. The molecule has 120 valence electrons. The molecule has 2 aromatic rings. The number of nitrogens with one attached hydrogen (secondary N) is 2. The van der Waals surface area contributed by atoms with Gasteiger partial charge >= 0.3 is 6.09 Å². The van der Waals surface area contributed by atoms with Crippen LogP contribution in [0.3, 0.4) is 0 Å². The normalized spacial score (nSPS) is 12.1. The summed E-state index contributed by atoms with van der Waals surface area (Å²) in [5.41, 5.74) is 2.81. The van der Waals surface area contributed by atoms with Crippen molar-refractivity contribution in [2.24, 2.45) is 0 Å². The Labute approximate surface area is 134 Å². The maximum atomic E-state index is 12.0. The van der Waals surface area contributed by atoms with Crippen LogP contribution in [0.15, 0.2) is 36.4 Å². The van der Waals surface area contributed by atoms with Gasteiger partial charge in [0, 0.05) is 24.0 Å². The summed E-state index contributed by atoms with van der Waals surface area (Å²) in [4.78, 5) is 12.0. The van der Waals surface area contributed by atoms with Crippen molar-refractivity contribution in [1.82, 2.24) is 0 Å². The summed E-state index contributed by atoms with van der Waals surface area (Å²) < 4.78 is 15.7. The molecule has 0 saturated carbocycles. The first-order valence-electron chi connectivity index (χ1n) is 7.27. The zero-order valence-corrected chi connectivity index (χ0v) is 13.0. The van der Waals surface area contributed by atoms with E-state index in [1.165, 1.54) is 0 Å². The van der Waals surface area contributed by atoms with Gasteiger partial charge in [0.25, 0.3) is 0 Å². The third kappa shape index (κ3) is 3.31. The lowest BCUT2D eigenvalue weighted by Gasteiger charge is -2.11. The predicted molar refractivity (Wildman–Crippen MR) is 87.8 cm³/mol. The van der Waals surface area contributed by atoms with Gasteiger partial charge < -0.3 is 19.5 Å². The Balaban J connectivity index is 1.67. The van der Waals surface area contributed by atoms with E-state index in [0.717, 1.165) is 24.2 Å². The van der Waals surface area contributed by atoms with Crippen molar-refractivity contribution in [1.29, 1.82) is 0 Å². The fraction of sp³-hybridized carbons (Fsp3) is 0.235. The van der Waals surface area contributed by atoms with E-state index in [0.29, 0.717) is 22.9 Å². The molecule has 0 fully saturated rings. The Morgan fingerprint density at radius 2 is 1.91 bits per heavy atom. The standard InChI is InChI=1S/C17H18N2O4/c1-21-15-6-3-12(10-16(15)22-2)19-17(20)23-13-4-5-14-11(9-13)7-8-18-14/h3-6,9-10,18H,7-8H2,1-2H3,(H,19,20). The van der Waals surface area contributed by atoms with Crippen LogP contribution < -0.4 is 24.8 Å². The Hall–Kier alpha value is -2.89. The van der Waals surface area contributed by atoms with E-state index in [1.54, 1.807) is 38.5 Å². The molecule has 23 heavy (non-hydrogen) atoms. The van der Waals surface area contributed by atoms with Crippen LogP contribution in [0.4, 0.5) is 16.2 Å². The van der Waals surface area contributed by atoms with E-state index in [-0.39, 0.29) is 0 Å². The number of benzene rings is 2. The van der Waals surface area contributed by atoms with E-state index in [1.807, 2.05) is 12.1 Å². The number of carbonyl (C=O) groups excluding carboxylic acids is 1. The van der Waals surface area contributed by atoms with Crippen molar-refractivity contribution in [2.45, 2.75) is 6.42 Å². The second-order valence-corrected chi connectivity index (χ2v) is 5.08. The highest BCUT2D eigenvalue weighted by Gasteiger charge is 2.13. The van der Waals surface area contributed by atoms with E-state index in [4.69, 9.17) is 14.2 Å². The first-order chi connectivity index (χ1) is 11.2. The van der Waals surface area contributed by atoms with Crippen LogP contribution in [-0.4, -0.2) is 26.9 Å². The number of amides is 1. The quantitative estimate of drug-likeness (QED) is 0.906. The number of rotatable bonds is 4. The van der Waals surface area contributed by atoms with E-state index in [9.17, 15) is 4.79 Å². The number of hydrogen-bond donors (Lipinski definition) is 2. The molecule has 0 bridgehead atoms. The number of carbonyl (C=O) groups is 1. The molecular weight excluding hydrogens is 296 g/mol. The highest BCUT2D eigenvalue weighted by Crippen LogP contribution is 2.30. The number of fused-ring (bicyclic) bond motifs is 1. The first kappa shape index (κ1) is 15.0. The van der Waals surface area contributed by atoms with Crippen LogP contribution in [0.1, 0.15) is 5.56 Å². The smallest absolute Gasteiger partial charge is 0.417 e. The molecule has 1 aliphatic rings. The van der Waals surface area contributed by atoms with Gasteiger partial charge in [-0.05, 0) is 42.3 Å². The van der Waals surface area contributed by atoms with E-state index < -0.39 is 6.09 Å². The van der Waals surface area contributed by atoms with Crippen molar-refractivity contribution < 1.29 is 19.0 Å². The van der Waals surface area contributed by atoms with Crippen LogP contribution in [-0.2, 0) is 6.42 Å². The summed E-state index contributed by atoms with van der Waals surface area (Å²) in [6.07, 6.45) is 0.382. The van der Waals surface area contributed by atoms with Crippen LogP contribution in [0.2, 0.25) is 0 Å². The van der Waals surface area contributed by atoms with Gasteiger partial charge in [0.05, 0.1) is 14.2 Å². The Kier molecular flexibility index (Phi) is 4.23. The molecule has 0 saturated heterocycles.